The molecule has 0 spiro atoms. The Morgan fingerprint density at radius 2 is 1.62 bits per heavy atom. The van der Waals surface area contributed by atoms with Crippen molar-refractivity contribution in [1.29, 1.82) is 0 Å². The number of para-hydroxylation sites is 1. The van der Waals surface area contributed by atoms with Crippen LogP contribution in [0.3, 0.4) is 0 Å². The fraction of sp³-hybridized carbons (Fsp3) is 0.263. The number of rotatable bonds is 5. The predicted molar refractivity (Wildman–Crippen MR) is 92.1 cm³/mol. The van der Waals surface area contributed by atoms with E-state index in [1.165, 1.54) is 6.07 Å². The van der Waals surface area contributed by atoms with Gasteiger partial charge >= 0.3 is 11.9 Å². The van der Waals surface area contributed by atoms with Crippen LogP contribution in [-0.2, 0) is 11.2 Å². The molecule has 5 nitrogen and oxygen atoms in total. The molecule has 24 heavy (non-hydrogen) atoms. The highest BCUT2D eigenvalue weighted by Crippen LogP contribution is 2.33. The molecule has 2 aromatic carbocycles. The van der Waals surface area contributed by atoms with Crippen LogP contribution in [0.2, 0.25) is 0 Å². The van der Waals surface area contributed by atoms with E-state index in [0.717, 1.165) is 5.56 Å². The van der Waals surface area contributed by atoms with Gasteiger partial charge in [-0.25, -0.2) is 4.79 Å². The molecule has 0 aromatic heterocycles. The summed E-state index contributed by atoms with van der Waals surface area (Å²) in [5.74, 6) is -1.48. The van der Waals surface area contributed by atoms with Crippen LogP contribution in [0.15, 0.2) is 36.4 Å². The summed E-state index contributed by atoms with van der Waals surface area (Å²) in [4.78, 5) is 22.3. The number of hydrogen-bond donors (Lipinski definition) is 2. The molecule has 0 atom stereocenters. The average molecular weight is 330 g/mol. The lowest BCUT2D eigenvalue weighted by atomic mass is 10.0. The van der Waals surface area contributed by atoms with Gasteiger partial charge in [-0.05, 0) is 37.1 Å². The van der Waals surface area contributed by atoms with Gasteiger partial charge in [0.25, 0.3) is 0 Å². The molecule has 0 aliphatic carbocycles. The first kappa shape index (κ1) is 19.2. The first-order valence-corrected chi connectivity index (χ1v) is 7.71. The van der Waals surface area contributed by atoms with Gasteiger partial charge in [0.05, 0.1) is 6.42 Å². The van der Waals surface area contributed by atoms with E-state index in [2.05, 4.69) is 0 Å². The van der Waals surface area contributed by atoms with E-state index >= 15 is 0 Å². The van der Waals surface area contributed by atoms with E-state index in [-0.39, 0.29) is 17.7 Å². The Balaban J connectivity index is 0.00000139. The fourth-order valence-electron chi connectivity index (χ4n) is 2.11. The maximum absolute atomic E-state index is 11.4. The molecule has 5 heteroatoms. The average Bonchev–Trinajstić information content (AvgIpc) is 2.54. The van der Waals surface area contributed by atoms with Gasteiger partial charge in [0.15, 0.2) is 0 Å². The summed E-state index contributed by atoms with van der Waals surface area (Å²) in [5.41, 5.74) is 2.15. The molecule has 2 aromatic rings. The second-order valence-corrected chi connectivity index (χ2v) is 4.97. The molecule has 0 amide bonds. The van der Waals surface area contributed by atoms with Crippen molar-refractivity contribution < 1.29 is 24.5 Å². The lowest BCUT2D eigenvalue weighted by Gasteiger charge is -2.15. The van der Waals surface area contributed by atoms with Crippen LogP contribution in [0.5, 0.6) is 11.5 Å². The first-order valence-electron chi connectivity index (χ1n) is 7.71. The lowest BCUT2D eigenvalue weighted by molar-refractivity contribution is -0.136. The number of benzene rings is 2. The number of ether oxygens (including phenoxy) is 1. The van der Waals surface area contributed by atoms with E-state index in [9.17, 15) is 14.7 Å². The Bertz CT molecular complexity index is 735. The third-order valence-electron chi connectivity index (χ3n) is 3.43. The summed E-state index contributed by atoms with van der Waals surface area (Å²) >= 11 is 0. The molecular weight excluding hydrogens is 308 g/mol. The van der Waals surface area contributed by atoms with E-state index in [0.29, 0.717) is 16.9 Å². The lowest BCUT2D eigenvalue weighted by Crippen LogP contribution is -2.05. The maximum atomic E-state index is 11.4. The van der Waals surface area contributed by atoms with Gasteiger partial charge < -0.3 is 14.9 Å². The molecule has 128 valence electrons. The highest BCUT2D eigenvalue weighted by molar-refractivity contribution is 5.91. The topological polar surface area (TPSA) is 83.8 Å². The Kier molecular flexibility index (Phi) is 6.98. The van der Waals surface area contributed by atoms with Crippen molar-refractivity contribution in [3.63, 3.8) is 0 Å². The number of hydrogen-bond acceptors (Lipinski definition) is 3. The van der Waals surface area contributed by atoms with Crippen LogP contribution in [0.4, 0.5) is 0 Å². The van der Waals surface area contributed by atoms with E-state index in [1.807, 2.05) is 20.8 Å². The largest absolute Gasteiger partial charge is 0.481 e. The zero-order valence-electron chi connectivity index (χ0n) is 14.3. The van der Waals surface area contributed by atoms with E-state index < -0.39 is 11.9 Å². The van der Waals surface area contributed by atoms with E-state index in [1.54, 1.807) is 37.3 Å². The molecule has 0 bridgehead atoms. The van der Waals surface area contributed by atoms with Crippen LogP contribution < -0.4 is 4.74 Å². The molecule has 0 saturated carbocycles. The number of aryl methyl sites for hydroxylation is 1. The molecule has 0 heterocycles. The molecule has 2 N–H and O–H groups in total. The summed E-state index contributed by atoms with van der Waals surface area (Å²) in [7, 11) is 0. The van der Waals surface area contributed by atoms with Crippen molar-refractivity contribution in [2.75, 3.05) is 0 Å². The minimum Gasteiger partial charge on any atom is -0.481 e. The van der Waals surface area contributed by atoms with Gasteiger partial charge in [-0.1, -0.05) is 38.1 Å². The molecular formula is C19H22O5. The normalized spacial score (nSPS) is 9.67. The quantitative estimate of drug-likeness (QED) is 0.846. The van der Waals surface area contributed by atoms with Gasteiger partial charge in [-0.15, -0.1) is 0 Å². The number of carboxylic acid groups (broad SMARTS) is 2. The van der Waals surface area contributed by atoms with Crippen molar-refractivity contribution >= 4 is 11.9 Å². The molecule has 0 radical (unpaired) electrons. The van der Waals surface area contributed by atoms with Gasteiger partial charge in [-0.2, -0.15) is 0 Å². The molecule has 0 aliphatic heterocycles. The van der Waals surface area contributed by atoms with Crippen molar-refractivity contribution in [1.82, 2.24) is 0 Å². The first-order chi connectivity index (χ1) is 11.4. The monoisotopic (exact) mass is 330 g/mol. The van der Waals surface area contributed by atoms with Crippen molar-refractivity contribution in [3.05, 3.63) is 58.7 Å². The number of aliphatic carboxylic acids is 1. The third kappa shape index (κ3) is 4.59. The molecule has 0 unspecified atom stereocenters. The van der Waals surface area contributed by atoms with Crippen LogP contribution in [0, 0.1) is 13.8 Å². The SMILES string of the molecule is CC.Cc1ccc(C(=O)O)c(Oc2ccccc2CC(=O)O)c1C. The number of aromatic carboxylic acids is 1. The Morgan fingerprint density at radius 3 is 2.21 bits per heavy atom. The highest BCUT2D eigenvalue weighted by Gasteiger charge is 2.17. The summed E-state index contributed by atoms with van der Waals surface area (Å²) in [6.45, 7) is 7.63. The summed E-state index contributed by atoms with van der Waals surface area (Å²) < 4.78 is 5.77. The smallest absolute Gasteiger partial charge is 0.339 e. The molecule has 0 fully saturated rings. The summed E-state index contributed by atoms with van der Waals surface area (Å²) in [6.07, 6.45) is -0.191. The summed E-state index contributed by atoms with van der Waals surface area (Å²) in [6, 6.07) is 9.91. The standard InChI is InChI=1S/C17H16O5.C2H6/c1-10-7-8-13(17(20)21)16(11(10)2)22-14-6-4-3-5-12(14)9-15(18)19;1-2/h3-8H,9H2,1-2H3,(H,18,19)(H,20,21);1-2H3. The molecule has 2 rings (SSSR count). The zero-order chi connectivity index (χ0) is 18.3. The van der Waals surface area contributed by atoms with Crippen molar-refractivity contribution in [3.8, 4) is 11.5 Å². The molecule has 0 saturated heterocycles. The maximum Gasteiger partial charge on any atom is 0.339 e. The Hall–Kier alpha value is -2.82. The van der Waals surface area contributed by atoms with Crippen molar-refractivity contribution in [2.24, 2.45) is 0 Å². The van der Waals surface area contributed by atoms with Crippen molar-refractivity contribution in [2.45, 2.75) is 34.1 Å². The number of carbonyl (C=O) groups is 2. The number of carboxylic acids is 2. The van der Waals surface area contributed by atoms with Crippen LogP contribution in [-0.4, -0.2) is 22.2 Å². The fourth-order valence-corrected chi connectivity index (χ4v) is 2.11. The zero-order valence-corrected chi connectivity index (χ0v) is 14.3. The van der Waals surface area contributed by atoms with Gasteiger partial charge in [0.1, 0.15) is 17.1 Å². The van der Waals surface area contributed by atoms with Crippen LogP contribution in [0.1, 0.15) is 40.9 Å². The Labute approximate surface area is 141 Å². The van der Waals surface area contributed by atoms with Gasteiger partial charge in [0, 0.05) is 5.56 Å². The van der Waals surface area contributed by atoms with E-state index in [4.69, 9.17) is 9.84 Å². The Morgan fingerprint density at radius 1 is 1.00 bits per heavy atom. The highest BCUT2D eigenvalue weighted by atomic mass is 16.5. The van der Waals surface area contributed by atoms with Crippen LogP contribution >= 0.6 is 0 Å². The summed E-state index contributed by atoms with van der Waals surface area (Å²) in [5, 5.41) is 18.2. The second-order valence-electron chi connectivity index (χ2n) is 4.97. The minimum absolute atomic E-state index is 0.0493. The molecule has 0 aliphatic rings. The second kappa shape index (κ2) is 8.72. The minimum atomic E-state index is -1.09. The van der Waals surface area contributed by atoms with Gasteiger partial charge in [-0.3, -0.25) is 4.79 Å². The predicted octanol–water partition coefficient (Wildman–Crippen LogP) is 4.45. The van der Waals surface area contributed by atoms with Crippen LogP contribution in [0.25, 0.3) is 0 Å². The van der Waals surface area contributed by atoms with Gasteiger partial charge in [0.2, 0.25) is 0 Å². The third-order valence-corrected chi connectivity index (χ3v) is 3.43.